The summed E-state index contributed by atoms with van der Waals surface area (Å²) >= 11 is 0. The molecule has 0 aromatic heterocycles. The molecule has 0 unspecified atom stereocenters. The summed E-state index contributed by atoms with van der Waals surface area (Å²) in [6, 6.07) is 10.2. The lowest BCUT2D eigenvalue weighted by Gasteiger charge is -2.19. The highest BCUT2D eigenvalue weighted by Gasteiger charge is 2.24. The maximum absolute atomic E-state index is 12.6. The van der Waals surface area contributed by atoms with Gasteiger partial charge in [0.1, 0.15) is 5.75 Å². The summed E-state index contributed by atoms with van der Waals surface area (Å²) in [5.41, 5.74) is 1.72. The average Bonchev–Trinajstić information content (AvgIpc) is 3.12. The van der Waals surface area contributed by atoms with Crippen LogP contribution in [0.3, 0.4) is 0 Å². The molecule has 0 aliphatic carbocycles. The van der Waals surface area contributed by atoms with Gasteiger partial charge in [-0.2, -0.15) is 0 Å². The molecule has 0 atom stereocenters. The molecule has 3 rings (SSSR count). The Labute approximate surface area is 157 Å². The molecule has 7 heteroatoms. The number of nitrogens with one attached hydrogen (secondary N) is 1. The van der Waals surface area contributed by atoms with Crippen molar-refractivity contribution >= 4 is 23.2 Å². The van der Waals surface area contributed by atoms with Gasteiger partial charge < -0.3 is 24.4 Å². The Morgan fingerprint density at radius 1 is 0.963 bits per heavy atom. The quantitative estimate of drug-likeness (QED) is 0.846. The highest BCUT2D eigenvalue weighted by Crippen LogP contribution is 2.34. The molecule has 2 aromatic rings. The van der Waals surface area contributed by atoms with Crippen LogP contribution in [0.25, 0.3) is 0 Å². The number of nitrogens with zero attached hydrogens (tertiary/aromatic N) is 1. The van der Waals surface area contributed by atoms with Crippen LogP contribution in [0.4, 0.5) is 11.4 Å². The fraction of sp³-hybridized carbons (Fsp3) is 0.300. The molecule has 0 radical (unpaired) electrons. The maximum Gasteiger partial charge on any atom is 0.255 e. The van der Waals surface area contributed by atoms with E-state index >= 15 is 0 Å². The van der Waals surface area contributed by atoms with Gasteiger partial charge in [0.05, 0.1) is 27.0 Å². The number of carbonyl (C=O) groups excluding carboxylic acids is 2. The Morgan fingerprint density at radius 3 is 2.33 bits per heavy atom. The molecular formula is C20H22N2O5. The van der Waals surface area contributed by atoms with Crippen molar-refractivity contribution < 1.29 is 23.8 Å². The van der Waals surface area contributed by atoms with Gasteiger partial charge in [0.15, 0.2) is 11.5 Å². The van der Waals surface area contributed by atoms with Crippen LogP contribution in [-0.2, 0) is 4.79 Å². The predicted molar refractivity (Wildman–Crippen MR) is 102 cm³/mol. The van der Waals surface area contributed by atoms with Crippen LogP contribution in [0.1, 0.15) is 23.2 Å². The summed E-state index contributed by atoms with van der Waals surface area (Å²) in [4.78, 5) is 26.3. The van der Waals surface area contributed by atoms with Crippen molar-refractivity contribution in [2.75, 3.05) is 38.1 Å². The largest absolute Gasteiger partial charge is 0.494 e. The Kier molecular flexibility index (Phi) is 5.49. The Bertz CT molecular complexity index is 865. The van der Waals surface area contributed by atoms with Crippen molar-refractivity contribution in [2.24, 2.45) is 0 Å². The summed E-state index contributed by atoms with van der Waals surface area (Å²) in [6.07, 6.45) is 1.38. The van der Waals surface area contributed by atoms with Gasteiger partial charge in [-0.05, 0) is 36.8 Å². The summed E-state index contributed by atoms with van der Waals surface area (Å²) in [6.45, 7) is 0.673. The zero-order chi connectivity index (χ0) is 19.4. The molecule has 27 heavy (non-hydrogen) atoms. The van der Waals surface area contributed by atoms with Gasteiger partial charge in [0.25, 0.3) is 5.91 Å². The number of anilines is 2. The molecule has 0 spiro atoms. The first kappa shape index (κ1) is 18.6. The minimum atomic E-state index is -0.289. The zero-order valence-corrected chi connectivity index (χ0v) is 15.6. The van der Waals surface area contributed by atoms with Gasteiger partial charge in [-0.1, -0.05) is 0 Å². The van der Waals surface area contributed by atoms with E-state index in [1.54, 1.807) is 48.4 Å². The molecule has 1 N–H and O–H groups in total. The van der Waals surface area contributed by atoms with Gasteiger partial charge in [-0.3, -0.25) is 9.59 Å². The number of benzene rings is 2. The van der Waals surface area contributed by atoms with E-state index in [1.807, 2.05) is 0 Å². The minimum Gasteiger partial charge on any atom is -0.494 e. The predicted octanol–water partition coefficient (Wildman–Crippen LogP) is 3.09. The van der Waals surface area contributed by atoms with Gasteiger partial charge in [0, 0.05) is 30.3 Å². The number of ether oxygens (including phenoxy) is 3. The summed E-state index contributed by atoms with van der Waals surface area (Å²) in [7, 11) is 4.60. The Hall–Kier alpha value is -3.22. The monoisotopic (exact) mass is 370 g/mol. The lowest BCUT2D eigenvalue weighted by molar-refractivity contribution is -0.117. The molecule has 0 bridgehead atoms. The average molecular weight is 370 g/mol. The normalized spacial score (nSPS) is 13.4. The molecular weight excluding hydrogens is 348 g/mol. The van der Waals surface area contributed by atoms with Crippen molar-refractivity contribution in [3.63, 3.8) is 0 Å². The Morgan fingerprint density at radius 2 is 1.70 bits per heavy atom. The summed E-state index contributed by atoms with van der Waals surface area (Å²) in [5, 5.41) is 2.83. The van der Waals surface area contributed by atoms with E-state index in [4.69, 9.17) is 14.2 Å². The molecule has 1 saturated heterocycles. The van der Waals surface area contributed by atoms with Gasteiger partial charge in [0.2, 0.25) is 5.91 Å². The van der Waals surface area contributed by atoms with E-state index in [9.17, 15) is 9.59 Å². The molecule has 2 aromatic carbocycles. The molecule has 1 heterocycles. The first-order valence-electron chi connectivity index (χ1n) is 8.59. The first-order valence-corrected chi connectivity index (χ1v) is 8.59. The van der Waals surface area contributed by atoms with Crippen molar-refractivity contribution in [3.8, 4) is 17.2 Å². The third-order valence-corrected chi connectivity index (χ3v) is 4.45. The number of carbonyl (C=O) groups is 2. The van der Waals surface area contributed by atoms with Gasteiger partial charge in [-0.25, -0.2) is 0 Å². The maximum atomic E-state index is 12.6. The molecule has 1 aliphatic heterocycles. The highest BCUT2D eigenvalue weighted by molar-refractivity contribution is 6.05. The van der Waals surface area contributed by atoms with Crippen LogP contribution >= 0.6 is 0 Å². The van der Waals surface area contributed by atoms with Crippen molar-refractivity contribution in [2.45, 2.75) is 12.8 Å². The Balaban J connectivity index is 1.81. The van der Waals surface area contributed by atoms with E-state index in [1.165, 1.54) is 14.2 Å². The van der Waals surface area contributed by atoms with Crippen LogP contribution in [0, 0.1) is 0 Å². The molecule has 1 aliphatic rings. The molecule has 2 amide bonds. The SMILES string of the molecule is COc1ccc(C(=O)Nc2ccc(N3CCCC3=O)c(OC)c2)cc1OC. The fourth-order valence-corrected chi connectivity index (χ4v) is 3.06. The van der Waals surface area contributed by atoms with E-state index in [-0.39, 0.29) is 11.8 Å². The van der Waals surface area contributed by atoms with E-state index in [2.05, 4.69) is 5.32 Å². The lowest BCUT2D eigenvalue weighted by Crippen LogP contribution is -2.24. The van der Waals surface area contributed by atoms with Crippen molar-refractivity contribution in [3.05, 3.63) is 42.0 Å². The molecule has 1 fully saturated rings. The van der Waals surface area contributed by atoms with Crippen LogP contribution in [-0.4, -0.2) is 39.7 Å². The van der Waals surface area contributed by atoms with Crippen molar-refractivity contribution in [1.29, 1.82) is 0 Å². The highest BCUT2D eigenvalue weighted by atomic mass is 16.5. The molecule has 142 valence electrons. The molecule has 7 nitrogen and oxygen atoms in total. The number of hydrogen-bond acceptors (Lipinski definition) is 5. The third-order valence-electron chi connectivity index (χ3n) is 4.45. The van der Waals surface area contributed by atoms with Crippen LogP contribution in [0.2, 0.25) is 0 Å². The molecule has 0 saturated carbocycles. The summed E-state index contributed by atoms with van der Waals surface area (Å²) < 4.78 is 15.8. The number of hydrogen-bond donors (Lipinski definition) is 1. The lowest BCUT2D eigenvalue weighted by atomic mass is 10.1. The van der Waals surface area contributed by atoms with Gasteiger partial charge in [-0.15, -0.1) is 0 Å². The topological polar surface area (TPSA) is 77.1 Å². The third kappa shape index (κ3) is 3.81. The van der Waals surface area contributed by atoms with Crippen LogP contribution in [0.15, 0.2) is 36.4 Å². The number of methoxy groups -OCH3 is 3. The van der Waals surface area contributed by atoms with E-state index in [0.29, 0.717) is 47.2 Å². The second kappa shape index (κ2) is 7.99. The smallest absolute Gasteiger partial charge is 0.255 e. The van der Waals surface area contributed by atoms with E-state index < -0.39 is 0 Å². The second-order valence-corrected chi connectivity index (χ2v) is 6.06. The standard InChI is InChI=1S/C20H22N2O5/c1-25-16-9-6-13(11-18(16)27-3)20(24)21-14-7-8-15(17(12-14)26-2)22-10-4-5-19(22)23/h6-9,11-12H,4-5,10H2,1-3H3,(H,21,24). The van der Waals surface area contributed by atoms with Gasteiger partial charge >= 0.3 is 0 Å². The van der Waals surface area contributed by atoms with E-state index in [0.717, 1.165) is 6.42 Å². The zero-order valence-electron chi connectivity index (χ0n) is 15.6. The summed E-state index contributed by atoms with van der Waals surface area (Å²) in [5.74, 6) is 1.36. The minimum absolute atomic E-state index is 0.0791. The number of rotatable bonds is 6. The second-order valence-electron chi connectivity index (χ2n) is 6.06. The first-order chi connectivity index (χ1) is 13.1. The number of amides is 2. The van der Waals surface area contributed by atoms with Crippen LogP contribution < -0.4 is 24.4 Å². The van der Waals surface area contributed by atoms with Crippen molar-refractivity contribution in [1.82, 2.24) is 0 Å². The van der Waals surface area contributed by atoms with Crippen LogP contribution in [0.5, 0.6) is 17.2 Å². The fourth-order valence-electron chi connectivity index (χ4n) is 3.06.